The van der Waals surface area contributed by atoms with Crippen molar-refractivity contribution in [2.24, 2.45) is 0 Å². The van der Waals surface area contributed by atoms with Crippen LogP contribution in [-0.4, -0.2) is 22.0 Å². The van der Waals surface area contributed by atoms with Crippen molar-refractivity contribution in [3.63, 3.8) is 0 Å². The lowest BCUT2D eigenvalue weighted by molar-refractivity contribution is 0.0690. The molecule has 3 rings (SSSR count). The highest BCUT2D eigenvalue weighted by Gasteiger charge is 2.17. The summed E-state index contributed by atoms with van der Waals surface area (Å²) in [7, 11) is 0. The number of nitrogens with zero attached hydrogens (tertiary/aromatic N) is 1. The first-order valence-electron chi connectivity index (χ1n) is 8.49. The molecule has 8 heteroatoms. The highest BCUT2D eigenvalue weighted by atomic mass is 35.5. The molecule has 0 saturated heterocycles. The van der Waals surface area contributed by atoms with Gasteiger partial charge in [0.05, 0.1) is 17.4 Å². The number of halogens is 2. The molecule has 0 spiro atoms. The smallest absolute Gasteiger partial charge is 0.354 e. The third-order valence-corrected chi connectivity index (χ3v) is 4.75. The van der Waals surface area contributed by atoms with E-state index in [9.17, 15) is 9.59 Å². The Kier molecular flexibility index (Phi) is 6.06. The number of carboxylic acids is 1. The van der Waals surface area contributed by atoms with E-state index in [1.807, 2.05) is 6.92 Å². The second-order valence-corrected chi connectivity index (χ2v) is 7.14. The lowest BCUT2D eigenvalue weighted by Crippen LogP contribution is -2.14. The van der Waals surface area contributed by atoms with Gasteiger partial charge < -0.3 is 15.2 Å². The minimum atomic E-state index is -1.15. The Morgan fingerprint density at radius 1 is 1.00 bits per heavy atom. The second kappa shape index (κ2) is 8.51. The van der Waals surface area contributed by atoms with Crippen LogP contribution in [0.3, 0.4) is 0 Å². The normalized spacial score (nSPS) is 10.5. The molecule has 1 aromatic heterocycles. The molecule has 0 radical (unpaired) electrons. The number of aromatic nitrogens is 1. The maximum atomic E-state index is 12.8. The Labute approximate surface area is 177 Å². The van der Waals surface area contributed by atoms with Gasteiger partial charge in [0.25, 0.3) is 5.91 Å². The zero-order valence-electron chi connectivity index (χ0n) is 15.5. The molecule has 0 aliphatic rings. The first kappa shape index (κ1) is 20.6. The molecule has 2 aromatic carbocycles. The maximum absolute atomic E-state index is 12.8. The van der Waals surface area contributed by atoms with Crippen LogP contribution < -0.4 is 10.1 Å². The van der Waals surface area contributed by atoms with Crippen molar-refractivity contribution in [3.05, 3.63) is 81.1 Å². The Bertz CT molecular complexity index is 1100. The first-order chi connectivity index (χ1) is 13.7. The number of nitrogens with one attached hydrogen (secondary N) is 1. The highest BCUT2D eigenvalue weighted by Crippen LogP contribution is 2.33. The van der Waals surface area contributed by atoms with Crippen LogP contribution >= 0.6 is 23.2 Å². The predicted octanol–water partition coefficient (Wildman–Crippen LogP) is 5.75. The molecule has 1 amide bonds. The van der Waals surface area contributed by atoms with Crippen LogP contribution in [0.2, 0.25) is 10.0 Å². The fraction of sp³-hybridized carbons (Fsp3) is 0.0952. The largest absolute Gasteiger partial charge is 0.477 e. The number of carboxylic acid groups (broad SMARTS) is 1. The number of rotatable bonds is 5. The van der Waals surface area contributed by atoms with Gasteiger partial charge in [-0.25, -0.2) is 9.78 Å². The molecule has 2 N–H and O–H groups in total. The van der Waals surface area contributed by atoms with Gasteiger partial charge >= 0.3 is 5.97 Å². The molecule has 0 aliphatic heterocycles. The third kappa shape index (κ3) is 4.85. The fourth-order valence-corrected chi connectivity index (χ4v) is 2.94. The van der Waals surface area contributed by atoms with Gasteiger partial charge in [-0.15, -0.1) is 0 Å². The molecular weight excluding hydrogens is 415 g/mol. The molecule has 0 saturated carbocycles. The number of carbonyl (C=O) groups is 2. The standard InChI is InChI=1S/C21H16Cl2N2O4/c1-11-8-15(20(26)25-14-4-5-17(21(27)28)24-10-14)19(9-16(11)23)29-18-6-3-13(22)7-12(18)2/h3-10H,1-2H3,(H,25,26)(H,27,28). The molecule has 1 heterocycles. The highest BCUT2D eigenvalue weighted by molar-refractivity contribution is 6.31. The van der Waals surface area contributed by atoms with Crippen molar-refractivity contribution in [1.29, 1.82) is 0 Å². The number of ether oxygens (including phenoxy) is 1. The van der Waals surface area contributed by atoms with Gasteiger partial charge in [-0.1, -0.05) is 23.2 Å². The Morgan fingerprint density at radius 3 is 2.38 bits per heavy atom. The first-order valence-corrected chi connectivity index (χ1v) is 9.25. The number of carbonyl (C=O) groups excluding carboxylic acids is 1. The molecule has 0 bridgehead atoms. The van der Waals surface area contributed by atoms with Crippen LogP contribution in [0.4, 0.5) is 5.69 Å². The summed E-state index contributed by atoms with van der Waals surface area (Å²) >= 11 is 12.2. The van der Waals surface area contributed by atoms with Crippen molar-refractivity contribution in [2.75, 3.05) is 5.32 Å². The molecule has 0 atom stereocenters. The molecule has 6 nitrogen and oxygen atoms in total. The Balaban J connectivity index is 1.92. The van der Waals surface area contributed by atoms with E-state index in [1.165, 1.54) is 18.3 Å². The van der Waals surface area contributed by atoms with Crippen molar-refractivity contribution < 1.29 is 19.4 Å². The summed E-state index contributed by atoms with van der Waals surface area (Å²) < 4.78 is 5.94. The SMILES string of the molecule is Cc1cc(C(=O)Nc2ccc(C(=O)O)nc2)c(Oc2ccc(Cl)cc2C)cc1Cl. The summed E-state index contributed by atoms with van der Waals surface area (Å²) in [5.74, 6) is -0.782. The summed E-state index contributed by atoms with van der Waals surface area (Å²) in [6.07, 6.45) is 1.27. The van der Waals surface area contributed by atoms with Gasteiger partial charge in [0.15, 0.2) is 0 Å². The average Bonchev–Trinajstić information content (AvgIpc) is 2.67. The molecule has 0 fully saturated rings. The molecular formula is C21H16Cl2N2O4. The van der Waals surface area contributed by atoms with Crippen molar-refractivity contribution in [1.82, 2.24) is 4.98 Å². The number of aryl methyl sites for hydroxylation is 2. The maximum Gasteiger partial charge on any atom is 0.354 e. The molecule has 29 heavy (non-hydrogen) atoms. The minimum Gasteiger partial charge on any atom is -0.477 e. The van der Waals surface area contributed by atoms with Crippen LogP contribution in [0.1, 0.15) is 32.0 Å². The van der Waals surface area contributed by atoms with Gasteiger partial charge in [-0.3, -0.25) is 4.79 Å². The van der Waals surface area contributed by atoms with Gasteiger partial charge in [0.1, 0.15) is 17.2 Å². The van der Waals surface area contributed by atoms with Crippen LogP contribution in [0.5, 0.6) is 11.5 Å². The molecule has 0 aliphatic carbocycles. The van der Waals surface area contributed by atoms with E-state index in [0.717, 1.165) is 5.56 Å². The number of hydrogen-bond donors (Lipinski definition) is 2. The van der Waals surface area contributed by atoms with Crippen LogP contribution in [0, 0.1) is 13.8 Å². The predicted molar refractivity (Wildman–Crippen MR) is 112 cm³/mol. The number of anilines is 1. The van der Waals surface area contributed by atoms with E-state index in [-0.39, 0.29) is 17.0 Å². The third-order valence-electron chi connectivity index (χ3n) is 4.10. The van der Waals surface area contributed by atoms with Crippen LogP contribution in [-0.2, 0) is 0 Å². The van der Waals surface area contributed by atoms with Crippen LogP contribution in [0.25, 0.3) is 0 Å². The van der Waals surface area contributed by atoms with E-state index in [2.05, 4.69) is 10.3 Å². The van der Waals surface area contributed by atoms with Gasteiger partial charge in [0.2, 0.25) is 0 Å². The lowest BCUT2D eigenvalue weighted by Gasteiger charge is -2.15. The monoisotopic (exact) mass is 430 g/mol. The molecule has 148 valence electrons. The van der Waals surface area contributed by atoms with E-state index in [4.69, 9.17) is 33.0 Å². The summed E-state index contributed by atoms with van der Waals surface area (Å²) in [4.78, 5) is 27.5. The topological polar surface area (TPSA) is 88.5 Å². The summed E-state index contributed by atoms with van der Waals surface area (Å²) in [6, 6.07) is 11.1. The fourth-order valence-electron chi connectivity index (χ4n) is 2.56. The number of amides is 1. The molecule has 0 unspecified atom stereocenters. The zero-order chi connectivity index (χ0) is 21.1. The number of aromatic carboxylic acids is 1. The Morgan fingerprint density at radius 2 is 1.76 bits per heavy atom. The number of benzene rings is 2. The summed E-state index contributed by atoms with van der Waals surface area (Å²) in [5.41, 5.74) is 2.00. The minimum absolute atomic E-state index is 0.118. The summed E-state index contributed by atoms with van der Waals surface area (Å²) in [6.45, 7) is 3.62. The van der Waals surface area contributed by atoms with E-state index >= 15 is 0 Å². The Hall–Kier alpha value is -3.09. The van der Waals surface area contributed by atoms with E-state index in [1.54, 1.807) is 37.3 Å². The summed E-state index contributed by atoms with van der Waals surface area (Å²) in [5, 5.41) is 12.6. The van der Waals surface area contributed by atoms with Gasteiger partial charge in [-0.05, 0) is 61.4 Å². The van der Waals surface area contributed by atoms with E-state index in [0.29, 0.717) is 27.0 Å². The van der Waals surface area contributed by atoms with Crippen molar-refractivity contribution in [2.45, 2.75) is 13.8 Å². The second-order valence-electron chi connectivity index (χ2n) is 6.30. The van der Waals surface area contributed by atoms with Gasteiger partial charge in [0, 0.05) is 16.1 Å². The van der Waals surface area contributed by atoms with Gasteiger partial charge in [-0.2, -0.15) is 0 Å². The average molecular weight is 431 g/mol. The lowest BCUT2D eigenvalue weighted by atomic mass is 10.1. The molecule has 3 aromatic rings. The van der Waals surface area contributed by atoms with Crippen molar-refractivity contribution in [3.8, 4) is 11.5 Å². The van der Waals surface area contributed by atoms with Crippen molar-refractivity contribution >= 4 is 40.8 Å². The number of pyridine rings is 1. The quantitative estimate of drug-likeness (QED) is 0.537. The van der Waals surface area contributed by atoms with E-state index < -0.39 is 11.9 Å². The zero-order valence-corrected chi connectivity index (χ0v) is 17.0. The number of hydrogen-bond acceptors (Lipinski definition) is 4. The van der Waals surface area contributed by atoms with Crippen LogP contribution in [0.15, 0.2) is 48.7 Å².